The number of carbonyl (C=O) groups excluding carboxylic acids is 1. The highest BCUT2D eigenvalue weighted by molar-refractivity contribution is 5.95. The molecule has 2 rings (SSSR count). The standard InChI is InChI=1S/C10H16N4O/c1-14-6-8(5-12-14)13-9(15)10(7-11)3-2-4-10/h5-6H,2-4,7,11H2,1H3,(H,13,15). The molecule has 1 amide bonds. The Bertz CT molecular complexity index is 362. The summed E-state index contributed by atoms with van der Waals surface area (Å²) < 4.78 is 1.66. The molecule has 15 heavy (non-hydrogen) atoms. The zero-order chi connectivity index (χ0) is 10.9. The quantitative estimate of drug-likeness (QED) is 0.759. The van der Waals surface area contributed by atoms with Crippen molar-refractivity contribution in [3.05, 3.63) is 12.4 Å². The van der Waals surface area contributed by atoms with Crippen LogP contribution in [0.4, 0.5) is 5.69 Å². The van der Waals surface area contributed by atoms with Gasteiger partial charge < -0.3 is 11.1 Å². The van der Waals surface area contributed by atoms with E-state index < -0.39 is 0 Å². The van der Waals surface area contributed by atoms with Crippen molar-refractivity contribution in [1.29, 1.82) is 0 Å². The smallest absolute Gasteiger partial charge is 0.231 e. The molecule has 1 aliphatic rings. The summed E-state index contributed by atoms with van der Waals surface area (Å²) >= 11 is 0. The van der Waals surface area contributed by atoms with E-state index in [1.54, 1.807) is 17.1 Å². The molecular formula is C10H16N4O. The van der Waals surface area contributed by atoms with Crippen LogP contribution in [0, 0.1) is 5.41 Å². The number of rotatable bonds is 3. The lowest BCUT2D eigenvalue weighted by Crippen LogP contribution is -2.47. The Kier molecular flexibility index (Phi) is 2.48. The molecule has 0 aliphatic heterocycles. The van der Waals surface area contributed by atoms with Crippen LogP contribution in [0.25, 0.3) is 0 Å². The van der Waals surface area contributed by atoms with Crippen molar-refractivity contribution in [2.45, 2.75) is 19.3 Å². The van der Waals surface area contributed by atoms with Gasteiger partial charge in [-0.3, -0.25) is 9.48 Å². The molecule has 0 unspecified atom stereocenters. The van der Waals surface area contributed by atoms with Gasteiger partial charge in [0, 0.05) is 19.8 Å². The molecule has 82 valence electrons. The van der Waals surface area contributed by atoms with Crippen LogP contribution in [0.2, 0.25) is 0 Å². The van der Waals surface area contributed by atoms with Crippen LogP contribution in [0.3, 0.4) is 0 Å². The van der Waals surface area contributed by atoms with E-state index in [9.17, 15) is 4.79 Å². The van der Waals surface area contributed by atoms with Gasteiger partial charge >= 0.3 is 0 Å². The minimum Gasteiger partial charge on any atom is -0.329 e. The van der Waals surface area contributed by atoms with E-state index in [-0.39, 0.29) is 11.3 Å². The Labute approximate surface area is 88.6 Å². The summed E-state index contributed by atoms with van der Waals surface area (Å²) in [6.07, 6.45) is 6.31. The molecular weight excluding hydrogens is 192 g/mol. The molecule has 5 nitrogen and oxygen atoms in total. The molecule has 0 radical (unpaired) electrons. The zero-order valence-electron chi connectivity index (χ0n) is 8.86. The molecule has 0 saturated heterocycles. The van der Waals surface area contributed by atoms with Crippen LogP contribution in [-0.4, -0.2) is 22.2 Å². The second kappa shape index (κ2) is 3.66. The first-order valence-electron chi connectivity index (χ1n) is 5.16. The highest BCUT2D eigenvalue weighted by Crippen LogP contribution is 2.40. The third-order valence-corrected chi connectivity index (χ3v) is 3.15. The molecule has 0 bridgehead atoms. The molecule has 1 aliphatic carbocycles. The number of nitrogens with two attached hydrogens (primary N) is 1. The Morgan fingerprint density at radius 2 is 2.47 bits per heavy atom. The highest BCUT2D eigenvalue weighted by atomic mass is 16.2. The molecule has 5 heteroatoms. The highest BCUT2D eigenvalue weighted by Gasteiger charge is 2.42. The predicted molar refractivity (Wildman–Crippen MR) is 57.2 cm³/mol. The van der Waals surface area contributed by atoms with Crippen molar-refractivity contribution in [3.63, 3.8) is 0 Å². The second-order valence-electron chi connectivity index (χ2n) is 4.19. The molecule has 3 N–H and O–H groups in total. The van der Waals surface area contributed by atoms with Gasteiger partial charge in [0.15, 0.2) is 0 Å². The van der Waals surface area contributed by atoms with Gasteiger partial charge in [-0.15, -0.1) is 0 Å². The van der Waals surface area contributed by atoms with Gasteiger partial charge in [0.25, 0.3) is 0 Å². The van der Waals surface area contributed by atoms with E-state index >= 15 is 0 Å². The normalized spacial score (nSPS) is 18.3. The van der Waals surface area contributed by atoms with Gasteiger partial charge in [-0.05, 0) is 12.8 Å². The fourth-order valence-electron chi connectivity index (χ4n) is 1.88. The number of aryl methyl sites for hydroxylation is 1. The first kappa shape index (κ1) is 10.2. The van der Waals surface area contributed by atoms with E-state index in [1.807, 2.05) is 7.05 Å². The summed E-state index contributed by atoms with van der Waals surface area (Å²) in [4.78, 5) is 11.9. The molecule has 1 saturated carbocycles. The van der Waals surface area contributed by atoms with Crippen LogP contribution >= 0.6 is 0 Å². The third-order valence-electron chi connectivity index (χ3n) is 3.15. The Morgan fingerprint density at radius 1 is 1.73 bits per heavy atom. The molecule has 0 atom stereocenters. The van der Waals surface area contributed by atoms with Crippen molar-refractivity contribution < 1.29 is 4.79 Å². The number of nitrogens with one attached hydrogen (secondary N) is 1. The number of aromatic nitrogens is 2. The van der Waals surface area contributed by atoms with Crippen molar-refractivity contribution in [1.82, 2.24) is 9.78 Å². The third kappa shape index (κ3) is 1.74. The summed E-state index contributed by atoms with van der Waals surface area (Å²) in [6.45, 7) is 0.430. The average Bonchev–Trinajstić information content (AvgIpc) is 2.50. The lowest BCUT2D eigenvalue weighted by molar-refractivity contribution is -0.129. The lowest BCUT2D eigenvalue weighted by atomic mass is 9.68. The van der Waals surface area contributed by atoms with Gasteiger partial charge in [-0.25, -0.2) is 0 Å². The van der Waals surface area contributed by atoms with Crippen molar-refractivity contribution in [2.75, 3.05) is 11.9 Å². The van der Waals surface area contributed by atoms with E-state index in [0.717, 1.165) is 24.9 Å². The molecule has 1 aromatic heterocycles. The van der Waals surface area contributed by atoms with Gasteiger partial charge in [0.2, 0.25) is 5.91 Å². The maximum absolute atomic E-state index is 11.9. The predicted octanol–water partition coefficient (Wildman–Crippen LogP) is 0.488. The first-order chi connectivity index (χ1) is 7.16. The maximum atomic E-state index is 11.9. The summed E-state index contributed by atoms with van der Waals surface area (Å²) in [5, 5.41) is 6.85. The summed E-state index contributed by atoms with van der Waals surface area (Å²) in [6, 6.07) is 0. The SMILES string of the molecule is Cn1cc(NC(=O)C2(CN)CCC2)cn1. The fourth-order valence-corrected chi connectivity index (χ4v) is 1.88. The molecule has 1 aromatic rings. The van der Waals surface area contributed by atoms with Crippen LogP contribution < -0.4 is 11.1 Å². The minimum absolute atomic E-state index is 0.0317. The van der Waals surface area contributed by atoms with Gasteiger partial charge in [0.1, 0.15) is 0 Å². The molecule has 0 spiro atoms. The summed E-state index contributed by atoms with van der Waals surface area (Å²) in [5.41, 5.74) is 6.06. The van der Waals surface area contributed by atoms with Crippen molar-refractivity contribution in [2.24, 2.45) is 18.2 Å². The largest absolute Gasteiger partial charge is 0.329 e. The average molecular weight is 208 g/mol. The molecule has 0 aromatic carbocycles. The summed E-state index contributed by atoms with van der Waals surface area (Å²) in [5.74, 6) is 0.0317. The maximum Gasteiger partial charge on any atom is 0.231 e. The minimum atomic E-state index is -0.324. The van der Waals surface area contributed by atoms with Gasteiger partial charge in [0.05, 0.1) is 17.3 Å². The summed E-state index contributed by atoms with van der Waals surface area (Å²) in [7, 11) is 1.82. The number of anilines is 1. The Balaban J connectivity index is 2.03. The molecule has 1 fully saturated rings. The number of carbonyl (C=O) groups is 1. The number of hydrogen-bond donors (Lipinski definition) is 2. The molecule has 1 heterocycles. The van der Waals surface area contributed by atoms with Crippen LogP contribution in [0.5, 0.6) is 0 Å². The topological polar surface area (TPSA) is 72.9 Å². The van der Waals surface area contributed by atoms with Crippen LogP contribution in [0.1, 0.15) is 19.3 Å². The Hall–Kier alpha value is -1.36. The van der Waals surface area contributed by atoms with Crippen molar-refractivity contribution in [3.8, 4) is 0 Å². The van der Waals surface area contributed by atoms with Crippen LogP contribution in [0.15, 0.2) is 12.4 Å². The van der Waals surface area contributed by atoms with E-state index in [4.69, 9.17) is 5.73 Å². The monoisotopic (exact) mass is 208 g/mol. The van der Waals surface area contributed by atoms with E-state index in [1.165, 1.54) is 0 Å². The van der Waals surface area contributed by atoms with E-state index in [0.29, 0.717) is 6.54 Å². The Morgan fingerprint density at radius 3 is 2.87 bits per heavy atom. The fraction of sp³-hybridized carbons (Fsp3) is 0.600. The lowest BCUT2D eigenvalue weighted by Gasteiger charge is -2.38. The second-order valence-corrected chi connectivity index (χ2v) is 4.19. The number of nitrogens with zero attached hydrogens (tertiary/aromatic N) is 2. The first-order valence-corrected chi connectivity index (χ1v) is 5.16. The number of hydrogen-bond acceptors (Lipinski definition) is 3. The van der Waals surface area contributed by atoms with Crippen molar-refractivity contribution >= 4 is 11.6 Å². The zero-order valence-corrected chi connectivity index (χ0v) is 8.86. The van der Waals surface area contributed by atoms with Gasteiger partial charge in [-0.1, -0.05) is 6.42 Å². The van der Waals surface area contributed by atoms with Gasteiger partial charge in [-0.2, -0.15) is 5.10 Å². The van der Waals surface area contributed by atoms with E-state index in [2.05, 4.69) is 10.4 Å². The van der Waals surface area contributed by atoms with Crippen LogP contribution in [-0.2, 0) is 11.8 Å². The number of amides is 1.